The summed E-state index contributed by atoms with van der Waals surface area (Å²) in [7, 11) is -3.01. The van der Waals surface area contributed by atoms with E-state index in [1.54, 1.807) is 6.92 Å². The van der Waals surface area contributed by atoms with E-state index in [-0.39, 0.29) is 6.61 Å². The minimum absolute atomic E-state index is 0.256. The predicted octanol–water partition coefficient (Wildman–Crippen LogP) is 1.68. The molecule has 1 aromatic rings. The molecule has 0 spiro atoms. The summed E-state index contributed by atoms with van der Waals surface area (Å²) in [6.45, 7) is 3.95. The Morgan fingerprint density at radius 3 is 2.95 bits per heavy atom. The molecule has 3 rings (SSSR count). The zero-order valence-electron chi connectivity index (χ0n) is 11.8. The summed E-state index contributed by atoms with van der Waals surface area (Å²) in [5, 5.41) is 3.33. The fourth-order valence-electron chi connectivity index (χ4n) is 2.98. The molecule has 0 aliphatic carbocycles. The van der Waals surface area contributed by atoms with Crippen molar-refractivity contribution in [2.75, 3.05) is 18.9 Å². The number of ether oxygens (including phenoxy) is 1. The minimum atomic E-state index is -3.01. The third-order valence-corrected chi connectivity index (χ3v) is 7.13. The molecule has 1 aromatic carbocycles. The number of hydrogen-bond acceptors (Lipinski definition) is 4. The van der Waals surface area contributed by atoms with Crippen LogP contribution in [0.4, 0.5) is 0 Å². The third-order valence-electron chi connectivity index (χ3n) is 4.48. The zero-order valence-corrected chi connectivity index (χ0v) is 12.6. The van der Waals surface area contributed by atoms with Crippen molar-refractivity contribution in [3.8, 4) is 5.75 Å². The minimum Gasteiger partial charge on any atom is -0.492 e. The van der Waals surface area contributed by atoms with Crippen molar-refractivity contribution in [2.45, 2.75) is 37.5 Å². The Bertz CT molecular complexity index is 612. The monoisotopic (exact) mass is 295 g/mol. The Morgan fingerprint density at radius 1 is 1.35 bits per heavy atom. The molecule has 110 valence electrons. The van der Waals surface area contributed by atoms with Gasteiger partial charge in [0.05, 0.1) is 5.75 Å². The predicted molar refractivity (Wildman–Crippen MR) is 78.8 cm³/mol. The topological polar surface area (TPSA) is 55.4 Å². The summed E-state index contributed by atoms with van der Waals surface area (Å²) in [4.78, 5) is 0. The van der Waals surface area contributed by atoms with Gasteiger partial charge < -0.3 is 10.1 Å². The van der Waals surface area contributed by atoms with Crippen LogP contribution in [-0.4, -0.2) is 32.1 Å². The first kappa shape index (κ1) is 13.9. The van der Waals surface area contributed by atoms with Crippen LogP contribution < -0.4 is 10.1 Å². The Morgan fingerprint density at radius 2 is 2.20 bits per heavy atom. The molecule has 1 saturated heterocycles. The Kier molecular flexibility index (Phi) is 3.50. The molecule has 0 amide bonds. The van der Waals surface area contributed by atoms with Crippen LogP contribution in [0.15, 0.2) is 18.2 Å². The van der Waals surface area contributed by atoms with Crippen molar-refractivity contribution in [3.05, 3.63) is 29.3 Å². The van der Waals surface area contributed by atoms with Gasteiger partial charge in [-0.25, -0.2) is 8.42 Å². The van der Waals surface area contributed by atoms with E-state index in [4.69, 9.17) is 4.74 Å². The van der Waals surface area contributed by atoms with Gasteiger partial charge in [-0.15, -0.1) is 0 Å². The van der Waals surface area contributed by atoms with Gasteiger partial charge in [0.25, 0.3) is 0 Å². The molecule has 2 aliphatic rings. The van der Waals surface area contributed by atoms with Crippen LogP contribution in [0.1, 0.15) is 30.9 Å². The molecule has 5 heteroatoms. The highest BCUT2D eigenvalue weighted by Crippen LogP contribution is 2.33. The van der Waals surface area contributed by atoms with Crippen LogP contribution in [-0.2, 0) is 22.8 Å². The Labute approximate surface area is 120 Å². The maximum Gasteiger partial charge on any atom is 0.159 e. The van der Waals surface area contributed by atoms with Gasteiger partial charge in [0.15, 0.2) is 9.84 Å². The highest BCUT2D eigenvalue weighted by atomic mass is 32.2. The van der Waals surface area contributed by atoms with Crippen LogP contribution in [0, 0.1) is 0 Å². The zero-order chi connectivity index (χ0) is 14.2. The van der Waals surface area contributed by atoms with Crippen LogP contribution >= 0.6 is 0 Å². The first-order valence-electron chi connectivity index (χ1n) is 7.18. The molecule has 0 aromatic heterocycles. The van der Waals surface area contributed by atoms with Crippen LogP contribution in [0.2, 0.25) is 0 Å². The van der Waals surface area contributed by atoms with Crippen LogP contribution in [0.3, 0.4) is 0 Å². The highest BCUT2D eigenvalue weighted by molar-refractivity contribution is 7.93. The van der Waals surface area contributed by atoms with Gasteiger partial charge in [-0.2, -0.15) is 0 Å². The SMILES string of the molecule is CC1(COc2ccc3c(c2)CCNC3)CCCS1(=O)=O. The fourth-order valence-corrected chi connectivity index (χ4v) is 4.69. The molecule has 1 atom stereocenters. The number of benzene rings is 1. The number of nitrogens with one attached hydrogen (secondary N) is 1. The summed E-state index contributed by atoms with van der Waals surface area (Å²) >= 11 is 0. The smallest absolute Gasteiger partial charge is 0.159 e. The van der Waals surface area contributed by atoms with Gasteiger partial charge in [-0.05, 0) is 56.0 Å². The molecule has 2 aliphatic heterocycles. The number of hydrogen-bond donors (Lipinski definition) is 1. The van der Waals surface area contributed by atoms with Crippen LogP contribution in [0.25, 0.3) is 0 Å². The van der Waals surface area contributed by atoms with Gasteiger partial charge in [0, 0.05) is 6.54 Å². The first-order valence-corrected chi connectivity index (χ1v) is 8.83. The average Bonchev–Trinajstić information content (AvgIpc) is 2.71. The summed E-state index contributed by atoms with van der Waals surface area (Å²) in [6.07, 6.45) is 2.45. The molecular formula is C15H21NO3S. The summed E-state index contributed by atoms with van der Waals surface area (Å²) in [6, 6.07) is 6.07. The van der Waals surface area contributed by atoms with Crippen molar-refractivity contribution >= 4 is 9.84 Å². The van der Waals surface area contributed by atoms with E-state index in [2.05, 4.69) is 17.4 Å². The summed E-state index contributed by atoms with van der Waals surface area (Å²) in [5.74, 6) is 1.08. The Hall–Kier alpha value is -1.07. The molecule has 1 unspecified atom stereocenters. The lowest BCUT2D eigenvalue weighted by molar-refractivity contribution is 0.269. The van der Waals surface area contributed by atoms with Gasteiger partial charge in [0.2, 0.25) is 0 Å². The van der Waals surface area contributed by atoms with E-state index >= 15 is 0 Å². The van der Waals surface area contributed by atoms with Crippen molar-refractivity contribution in [1.29, 1.82) is 0 Å². The molecule has 4 nitrogen and oxygen atoms in total. The van der Waals surface area contributed by atoms with E-state index in [1.165, 1.54) is 11.1 Å². The second-order valence-electron chi connectivity index (χ2n) is 6.02. The summed E-state index contributed by atoms with van der Waals surface area (Å²) in [5.41, 5.74) is 2.61. The Balaban J connectivity index is 1.73. The largest absolute Gasteiger partial charge is 0.492 e. The van der Waals surface area contributed by atoms with Gasteiger partial charge in [0.1, 0.15) is 17.1 Å². The first-order chi connectivity index (χ1) is 9.50. The standard InChI is InChI=1S/C15H21NO3S/c1-15(6-2-8-20(15,17)18)11-19-14-4-3-13-10-16-7-5-12(13)9-14/h3-4,9,16H,2,5-8,10-11H2,1H3. The second kappa shape index (κ2) is 5.04. The average molecular weight is 295 g/mol. The quantitative estimate of drug-likeness (QED) is 0.922. The maximum atomic E-state index is 12.0. The van der Waals surface area contributed by atoms with Crippen molar-refractivity contribution in [3.63, 3.8) is 0 Å². The fraction of sp³-hybridized carbons (Fsp3) is 0.600. The maximum absolute atomic E-state index is 12.0. The highest BCUT2D eigenvalue weighted by Gasteiger charge is 2.44. The molecular weight excluding hydrogens is 274 g/mol. The molecule has 20 heavy (non-hydrogen) atoms. The molecule has 0 radical (unpaired) electrons. The lowest BCUT2D eigenvalue weighted by atomic mass is 10.0. The lowest BCUT2D eigenvalue weighted by Gasteiger charge is -2.24. The molecule has 1 N–H and O–H groups in total. The number of sulfone groups is 1. The van der Waals surface area contributed by atoms with Crippen molar-refractivity contribution < 1.29 is 13.2 Å². The molecule has 2 heterocycles. The lowest BCUT2D eigenvalue weighted by Crippen LogP contribution is -2.37. The van der Waals surface area contributed by atoms with Gasteiger partial charge in [-0.1, -0.05) is 6.07 Å². The summed E-state index contributed by atoms with van der Waals surface area (Å²) < 4.78 is 29.2. The van der Waals surface area contributed by atoms with E-state index in [0.717, 1.165) is 31.7 Å². The molecule has 0 saturated carbocycles. The van der Waals surface area contributed by atoms with Crippen LogP contribution in [0.5, 0.6) is 5.75 Å². The molecule has 1 fully saturated rings. The van der Waals surface area contributed by atoms with E-state index in [0.29, 0.717) is 12.2 Å². The van der Waals surface area contributed by atoms with Crippen molar-refractivity contribution in [2.24, 2.45) is 0 Å². The van der Waals surface area contributed by atoms with E-state index < -0.39 is 14.6 Å². The second-order valence-corrected chi connectivity index (χ2v) is 8.64. The van der Waals surface area contributed by atoms with E-state index in [1.807, 2.05) is 6.07 Å². The van der Waals surface area contributed by atoms with E-state index in [9.17, 15) is 8.42 Å². The number of rotatable bonds is 3. The normalized spacial score (nSPS) is 28.1. The third kappa shape index (κ3) is 2.44. The number of fused-ring (bicyclic) bond motifs is 1. The van der Waals surface area contributed by atoms with Gasteiger partial charge >= 0.3 is 0 Å². The molecule has 0 bridgehead atoms. The van der Waals surface area contributed by atoms with Gasteiger partial charge in [-0.3, -0.25) is 0 Å². The van der Waals surface area contributed by atoms with Crippen molar-refractivity contribution in [1.82, 2.24) is 5.32 Å².